The lowest BCUT2D eigenvalue weighted by Crippen LogP contribution is -2.14. The van der Waals surface area contributed by atoms with Crippen LogP contribution in [0, 0.1) is 0 Å². The number of rotatable bonds is 0. The molecule has 8 bridgehead atoms. The maximum Gasteiger partial charge on any atom is 0.230 e. The molecule has 0 saturated heterocycles. The molecule has 0 atom stereocenters. The maximum atomic E-state index is 12.6. The number of benzene rings is 2. The first-order chi connectivity index (χ1) is 19.6. The second-order valence-electron chi connectivity index (χ2n) is 9.05. The van der Waals surface area contributed by atoms with E-state index in [1.807, 2.05) is 60.7 Å². The highest BCUT2D eigenvalue weighted by Gasteiger charge is 2.12. The van der Waals surface area contributed by atoms with Gasteiger partial charge in [0.25, 0.3) is 0 Å². The van der Waals surface area contributed by atoms with Crippen LogP contribution in [0.2, 0.25) is 0 Å². The lowest BCUT2D eigenvalue weighted by molar-refractivity contribution is -0.116. The molecule has 0 radical (unpaired) electrons. The summed E-state index contributed by atoms with van der Waals surface area (Å²) >= 11 is 2.77. The number of carbonyl (C=O) groups is 2. The Labute approximate surface area is 239 Å². The second kappa shape index (κ2) is 13.8. The van der Waals surface area contributed by atoms with E-state index in [-0.39, 0.29) is 24.7 Å². The third-order valence-electron chi connectivity index (χ3n) is 5.84. The van der Waals surface area contributed by atoms with E-state index in [2.05, 4.69) is 31.0 Å². The van der Waals surface area contributed by atoms with Gasteiger partial charge in [-0.3, -0.25) is 9.59 Å². The Bertz CT molecular complexity index is 1370. The number of aryl methyl sites for hydroxylation is 2. The third kappa shape index (κ3) is 8.42. The van der Waals surface area contributed by atoms with Gasteiger partial charge in [0.15, 0.2) is 0 Å². The first-order valence-corrected chi connectivity index (χ1v) is 14.6. The number of ether oxygens (including phenoxy) is 2. The molecule has 10 nitrogen and oxygen atoms in total. The van der Waals surface area contributed by atoms with Crippen molar-refractivity contribution < 1.29 is 19.1 Å². The Morgan fingerprint density at radius 2 is 1.12 bits per heavy atom. The number of hydrogen-bond donors (Lipinski definition) is 2. The van der Waals surface area contributed by atoms with E-state index in [0.29, 0.717) is 35.0 Å². The molecule has 4 aromatic rings. The number of carbonyl (C=O) groups excluding carboxylic acids is 2. The predicted molar refractivity (Wildman–Crippen MR) is 154 cm³/mol. The zero-order valence-corrected chi connectivity index (χ0v) is 23.3. The van der Waals surface area contributed by atoms with Gasteiger partial charge in [-0.2, -0.15) is 0 Å². The highest BCUT2D eigenvalue weighted by atomic mass is 32.1. The fourth-order valence-corrected chi connectivity index (χ4v) is 5.57. The van der Waals surface area contributed by atoms with Crippen LogP contribution >= 0.6 is 22.7 Å². The van der Waals surface area contributed by atoms with Crippen LogP contribution in [0.1, 0.15) is 34.0 Å². The fourth-order valence-electron chi connectivity index (χ4n) is 3.98. The monoisotopic (exact) mass is 576 g/mol. The molecule has 2 aromatic carbocycles. The van der Waals surface area contributed by atoms with Gasteiger partial charge in [0.05, 0.1) is 12.8 Å². The average Bonchev–Trinajstić information content (AvgIpc) is 3.57. The summed E-state index contributed by atoms with van der Waals surface area (Å²) in [6.07, 6.45) is 7.45. The molecule has 1 aliphatic rings. The van der Waals surface area contributed by atoms with Crippen molar-refractivity contribution in [2.45, 2.75) is 38.5 Å². The van der Waals surface area contributed by atoms with E-state index in [0.717, 1.165) is 46.8 Å². The van der Waals surface area contributed by atoms with Crippen LogP contribution in [-0.4, -0.2) is 45.4 Å². The molecule has 206 valence electrons. The minimum atomic E-state index is -0.159. The smallest absolute Gasteiger partial charge is 0.230 e. The highest BCUT2D eigenvalue weighted by Crippen LogP contribution is 2.21. The zero-order chi connectivity index (χ0) is 27.6. The standard InChI is InChI=1S/C28H28N6O4S2/c35-23-17-19-7-5-9-21(15-19)37-13-3-4-14-38-22-10-6-8-20(16-22)18-24(36)30-28-34-32-26(40-28)12-2-1-11-25-31-33-27(29-23)39-25/h3-10,15-16H,1-2,11-14,17-18H2,(H,29,33,35)(H,30,34,36)/b4-3+. The van der Waals surface area contributed by atoms with Crippen LogP contribution in [0.15, 0.2) is 60.7 Å². The minimum absolute atomic E-state index is 0.159. The molecule has 5 rings (SSSR count). The van der Waals surface area contributed by atoms with Crippen molar-refractivity contribution in [1.82, 2.24) is 20.4 Å². The molecule has 12 heteroatoms. The average molecular weight is 577 g/mol. The van der Waals surface area contributed by atoms with Crippen molar-refractivity contribution in [3.63, 3.8) is 0 Å². The Balaban J connectivity index is 1.25. The molecule has 0 aliphatic carbocycles. The third-order valence-corrected chi connectivity index (χ3v) is 7.64. The van der Waals surface area contributed by atoms with Gasteiger partial charge >= 0.3 is 0 Å². The number of amides is 2. The molecule has 0 saturated carbocycles. The number of aromatic nitrogens is 4. The normalized spacial score (nSPS) is 16.3. The van der Waals surface area contributed by atoms with E-state index in [1.165, 1.54) is 22.7 Å². The van der Waals surface area contributed by atoms with E-state index in [9.17, 15) is 9.59 Å². The van der Waals surface area contributed by atoms with Crippen LogP contribution in [0.25, 0.3) is 0 Å². The lowest BCUT2D eigenvalue weighted by Gasteiger charge is -2.07. The number of nitrogens with zero attached hydrogens (tertiary/aromatic N) is 4. The number of anilines is 2. The molecule has 0 unspecified atom stereocenters. The van der Waals surface area contributed by atoms with E-state index >= 15 is 0 Å². The van der Waals surface area contributed by atoms with Crippen LogP contribution in [0.3, 0.4) is 0 Å². The predicted octanol–water partition coefficient (Wildman–Crippen LogP) is 4.64. The summed E-state index contributed by atoms with van der Waals surface area (Å²) in [6, 6.07) is 14.9. The molecule has 0 spiro atoms. The van der Waals surface area contributed by atoms with Crippen LogP contribution in [0.5, 0.6) is 11.5 Å². The quantitative estimate of drug-likeness (QED) is 0.290. The van der Waals surface area contributed by atoms with E-state index in [4.69, 9.17) is 9.47 Å². The van der Waals surface area contributed by atoms with Crippen molar-refractivity contribution >= 4 is 44.8 Å². The van der Waals surface area contributed by atoms with Gasteiger partial charge in [0, 0.05) is 12.8 Å². The summed E-state index contributed by atoms with van der Waals surface area (Å²) in [5, 5.41) is 25.0. The fraction of sp³-hybridized carbons (Fsp3) is 0.286. The Morgan fingerprint density at radius 1 is 0.650 bits per heavy atom. The van der Waals surface area contributed by atoms with Gasteiger partial charge in [-0.15, -0.1) is 20.4 Å². The molecule has 1 aliphatic heterocycles. The van der Waals surface area contributed by atoms with Crippen molar-refractivity contribution in [1.29, 1.82) is 0 Å². The molecule has 40 heavy (non-hydrogen) atoms. The molecule has 3 heterocycles. The molecule has 2 amide bonds. The topological polar surface area (TPSA) is 128 Å². The minimum Gasteiger partial charge on any atom is -0.490 e. The van der Waals surface area contributed by atoms with Crippen molar-refractivity contribution in [2.24, 2.45) is 0 Å². The summed E-state index contributed by atoms with van der Waals surface area (Å²) in [5.74, 6) is 1.04. The molecular formula is C28H28N6O4S2. The summed E-state index contributed by atoms with van der Waals surface area (Å²) in [7, 11) is 0. The highest BCUT2D eigenvalue weighted by molar-refractivity contribution is 7.15. The first-order valence-electron chi connectivity index (χ1n) is 12.9. The van der Waals surface area contributed by atoms with Gasteiger partial charge < -0.3 is 20.1 Å². The number of nitrogens with one attached hydrogen (secondary N) is 2. The Kier molecular flexibility index (Phi) is 9.43. The van der Waals surface area contributed by atoms with Gasteiger partial charge in [-0.25, -0.2) is 0 Å². The van der Waals surface area contributed by atoms with Gasteiger partial charge in [-0.1, -0.05) is 46.9 Å². The van der Waals surface area contributed by atoms with Crippen LogP contribution in [0.4, 0.5) is 10.3 Å². The second-order valence-corrected chi connectivity index (χ2v) is 11.2. The van der Waals surface area contributed by atoms with Gasteiger partial charge in [0.1, 0.15) is 34.7 Å². The van der Waals surface area contributed by atoms with Crippen LogP contribution < -0.4 is 20.1 Å². The van der Waals surface area contributed by atoms with Crippen molar-refractivity contribution in [3.8, 4) is 11.5 Å². The lowest BCUT2D eigenvalue weighted by atomic mass is 10.1. The van der Waals surface area contributed by atoms with Gasteiger partial charge in [0.2, 0.25) is 22.1 Å². The Hall–Kier alpha value is -4.16. The van der Waals surface area contributed by atoms with E-state index in [1.54, 1.807) is 0 Å². The summed E-state index contributed by atoms with van der Waals surface area (Å²) < 4.78 is 11.6. The van der Waals surface area contributed by atoms with Crippen LogP contribution in [-0.2, 0) is 35.3 Å². The Morgan fingerprint density at radius 3 is 1.60 bits per heavy atom. The summed E-state index contributed by atoms with van der Waals surface area (Å²) in [4.78, 5) is 25.1. The summed E-state index contributed by atoms with van der Waals surface area (Å²) in [5.41, 5.74) is 1.68. The number of fused-ring (bicyclic) bond motifs is 8. The maximum absolute atomic E-state index is 12.6. The van der Waals surface area contributed by atoms with Crippen molar-refractivity contribution in [2.75, 3.05) is 23.8 Å². The number of hydrogen-bond acceptors (Lipinski definition) is 10. The molecule has 2 aromatic heterocycles. The summed E-state index contributed by atoms with van der Waals surface area (Å²) in [6.45, 7) is 0.722. The first kappa shape index (κ1) is 27.4. The van der Waals surface area contributed by atoms with Crippen molar-refractivity contribution in [3.05, 3.63) is 81.8 Å². The van der Waals surface area contributed by atoms with Gasteiger partial charge in [-0.05, 0) is 60.4 Å². The molecule has 0 fully saturated rings. The zero-order valence-electron chi connectivity index (χ0n) is 21.7. The molecule has 2 N–H and O–H groups in total. The SMILES string of the molecule is O=C1Cc2cccc(c2)OC/C=C/COc2cccc(c2)CC(=O)Nc2nnc(s2)CCCCc2nnc(s2)N1. The largest absolute Gasteiger partial charge is 0.490 e. The van der Waals surface area contributed by atoms with E-state index < -0.39 is 0 Å². The molecular weight excluding hydrogens is 548 g/mol.